The molecule has 0 bridgehead atoms. The smallest absolute Gasteiger partial charge is 0.165 e. The van der Waals surface area contributed by atoms with Crippen LogP contribution in [0.1, 0.15) is 12.0 Å². The van der Waals surface area contributed by atoms with E-state index < -0.39 is 17.4 Å². The molecule has 0 amide bonds. The predicted octanol–water partition coefficient (Wildman–Crippen LogP) is 1.85. The summed E-state index contributed by atoms with van der Waals surface area (Å²) in [7, 11) is 2.10. The van der Waals surface area contributed by atoms with Crippen LogP contribution < -0.4 is 0 Å². The largest absolute Gasteiger partial charge is 0.505 e. The number of phenolic OH excluding ortho intramolecular Hbond substituents is 1. The number of aryl methyl sites for hydroxylation is 1. The van der Waals surface area contributed by atoms with Crippen molar-refractivity contribution in [1.82, 2.24) is 9.80 Å². The second-order valence-corrected chi connectivity index (χ2v) is 5.14. The normalized spacial score (nSPS) is 17.8. The lowest BCUT2D eigenvalue weighted by Crippen LogP contribution is -2.44. The third-order valence-corrected chi connectivity index (χ3v) is 3.63. The summed E-state index contributed by atoms with van der Waals surface area (Å²) in [5.74, 6) is -1.91. The van der Waals surface area contributed by atoms with E-state index >= 15 is 0 Å². The van der Waals surface area contributed by atoms with Gasteiger partial charge in [0.2, 0.25) is 0 Å². The van der Waals surface area contributed by atoms with Crippen molar-refractivity contribution in [2.45, 2.75) is 12.8 Å². The highest BCUT2D eigenvalue weighted by molar-refractivity contribution is 5.29. The first-order valence-corrected chi connectivity index (χ1v) is 6.64. The van der Waals surface area contributed by atoms with Crippen LogP contribution in [0.25, 0.3) is 0 Å². The van der Waals surface area contributed by atoms with Crippen molar-refractivity contribution in [3.8, 4) is 5.75 Å². The Balaban J connectivity index is 1.81. The molecule has 0 aromatic heterocycles. The summed E-state index contributed by atoms with van der Waals surface area (Å²) in [6, 6.07) is 1.94. The van der Waals surface area contributed by atoms with Crippen LogP contribution >= 0.6 is 0 Å². The van der Waals surface area contributed by atoms with E-state index in [9.17, 15) is 8.78 Å². The number of likely N-dealkylation sites (N-methyl/N-ethyl adjacent to an activating group) is 1. The lowest BCUT2D eigenvalue weighted by molar-refractivity contribution is 0.153. The third-order valence-electron chi connectivity index (χ3n) is 3.63. The molecule has 0 aliphatic carbocycles. The summed E-state index contributed by atoms with van der Waals surface area (Å²) in [4.78, 5) is 4.63. The van der Waals surface area contributed by atoms with Gasteiger partial charge in [-0.3, -0.25) is 0 Å². The minimum Gasteiger partial charge on any atom is -0.505 e. The molecule has 0 spiro atoms. The zero-order valence-electron chi connectivity index (χ0n) is 11.2. The summed E-state index contributed by atoms with van der Waals surface area (Å²) in [5.41, 5.74) is 0.337. The van der Waals surface area contributed by atoms with Crippen LogP contribution in [-0.4, -0.2) is 54.7 Å². The molecule has 19 heavy (non-hydrogen) atoms. The maximum atomic E-state index is 13.5. The minimum atomic E-state index is -0.754. The number of piperazine rings is 1. The average Bonchev–Trinajstić information content (AvgIpc) is 2.38. The highest BCUT2D eigenvalue weighted by atomic mass is 19.1. The zero-order valence-corrected chi connectivity index (χ0v) is 11.2. The lowest BCUT2D eigenvalue weighted by Gasteiger charge is -2.32. The molecule has 1 N–H and O–H groups in total. The molecule has 0 radical (unpaired) electrons. The molecule has 1 aliphatic heterocycles. The van der Waals surface area contributed by atoms with E-state index in [4.69, 9.17) is 5.11 Å². The maximum Gasteiger partial charge on any atom is 0.165 e. The number of hydrogen-bond acceptors (Lipinski definition) is 3. The Labute approximate surface area is 112 Å². The second kappa shape index (κ2) is 6.30. The monoisotopic (exact) mass is 270 g/mol. The molecule has 1 aliphatic rings. The first kappa shape index (κ1) is 14.2. The van der Waals surface area contributed by atoms with Crippen molar-refractivity contribution in [2.24, 2.45) is 0 Å². The lowest BCUT2D eigenvalue weighted by atomic mass is 10.1. The molecule has 3 nitrogen and oxygen atoms in total. The van der Waals surface area contributed by atoms with Gasteiger partial charge in [-0.25, -0.2) is 8.78 Å². The molecule has 1 saturated heterocycles. The first-order chi connectivity index (χ1) is 9.06. The molecule has 1 aromatic rings. The van der Waals surface area contributed by atoms with Gasteiger partial charge < -0.3 is 14.9 Å². The number of benzene rings is 1. The fraction of sp³-hybridized carbons (Fsp3) is 0.571. The summed E-state index contributed by atoms with van der Waals surface area (Å²) >= 11 is 0. The number of aromatic hydroxyl groups is 1. The number of halogens is 2. The molecule has 1 heterocycles. The topological polar surface area (TPSA) is 26.7 Å². The van der Waals surface area contributed by atoms with Crippen LogP contribution in [0.15, 0.2) is 12.1 Å². The van der Waals surface area contributed by atoms with Crippen LogP contribution in [0.2, 0.25) is 0 Å². The van der Waals surface area contributed by atoms with Crippen LogP contribution in [0.5, 0.6) is 5.75 Å². The molecular weight excluding hydrogens is 250 g/mol. The quantitative estimate of drug-likeness (QED) is 0.904. The number of hydrogen-bond donors (Lipinski definition) is 1. The molecule has 1 fully saturated rings. The van der Waals surface area contributed by atoms with E-state index in [1.54, 1.807) is 0 Å². The Kier molecular flexibility index (Phi) is 4.71. The van der Waals surface area contributed by atoms with E-state index in [-0.39, 0.29) is 0 Å². The van der Waals surface area contributed by atoms with Gasteiger partial charge in [0, 0.05) is 32.2 Å². The van der Waals surface area contributed by atoms with E-state index in [1.807, 2.05) is 0 Å². The Bertz CT molecular complexity index is 432. The van der Waals surface area contributed by atoms with Gasteiger partial charge in [0.25, 0.3) is 0 Å². The van der Waals surface area contributed by atoms with Crippen LogP contribution in [0.3, 0.4) is 0 Å². The van der Waals surface area contributed by atoms with Gasteiger partial charge in [0.1, 0.15) is 5.82 Å². The summed E-state index contributed by atoms with van der Waals surface area (Å²) in [6.45, 7) is 5.08. The van der Waals surface area contributed by atoms with Gasteiger partial charge in [-0.05, 0) is 38.1 Å². The van der Waals surface area contributed by atoms with Crippen LogP contribution in [0.4, 0.5) is 8.78 Å². The maximum absolute atomic E-state index is 13.5. The van der Waals surface area contributed by atoms with E-state index in [1.165, 1.54) is 0 Å². The molecule has 2 rings (SSSR count). The number of phenols is 1. The third kappa shape index (κ3) is 3.88. The van der Waals surface area contributed by atoms with Crippen molar-refractivity contribution < 1.29 is 13.9 Å². The SMILES string of the molecule is CN1CCN(CCCc2cc(F)c(O)cc2F)CC1. The number of nitrogens with zero attached hydrogens (tertiary/aromatic N) is 2. The summed E-state index contributed by atoms with van der Waals surface area (Å²) in [5, 5.41) is 9.05. The molecule has 0 saturated carbocycles. The molecule has 5 heteroatoms. The van der Waals surface area contributed by atoms with Crippen molar-refractivity contribution >= 4 is 0 Å². The van der Waals surface area contributed by atoms with Gasteiger partial charge in [-0.1, -0.05) is 0 Å². The fourth-order valence-electron chi connectivity index (χ4n) is 2.33. The summed E-state index contributed by atoms with van der Waals surface area (Å²) < 4.78 is 26.7. The highest BCUT2D eigenvalue weighted by Gasteiger charge is 2.14. The predicted molar refractivity (Wildman–Crippen MR) is 70.3 cm³/mol. The van der Waals surface area contributed by atoms with E-state index in [2.05, 4.69) is 16.8 Å². The van der Waals surface area contributed by atoms with Crippen LogP contribution in [-0.2, 0) is 6.42 Å². The van der Waals surface area contributed by atoms with Gasteiger partial charge in [0.05, 0.1) is 0 Å². The highest BCUT2D eigenvalue weighted by Crippen LogP contribution is 2.21. The van der Waals surface area contributed by atoms with Gasteiger partial charge in [-0.15, -0.1) is 0 Å². The van der Waals surface area contributed by atoms with Crippen molar-refractivity contribution in [3.63, 3.8) is 0 Å². The van der Waals surface area contributed by atoms with Crippen LogP contribution in [0, 0.1) is 11.6 Å². The second-order valence-electron chi connectivity index (χ2n) is 5.14. The van der Waals surface area contributed by atoms with E-state index in [0.717, 1.165) is 51.3 Å². The molecule has 1 aromatic carbocycles. The zero-order chi connectivity index (χ0) is 13.8. The molecule has 0 unspecified atom stereocenters. The Hall–Kier alpha value is -1.20. The summed E-state index contributed by atoms with van der Waals surface area (Å²) in [6.07, 6.45) is 1.29. The van der Waals surface area contributed by atoms with Crippen molar-refractivity contribution in [3.05, 3.63) is 29.3 Å². The standard InChI is InChI=1S/C14H20F2N2O/c1-17-5-7-18(8-6-17)4-2-3-11-9-13(16)14(19)10-12(11)15/h9-10,19H,2-8H2,1H3. The first-order valence-electron chi connectivity index (χ1n) is 6.64. The average molecular weight is 270 g/mol. The van der Waals surface area contributed by atoms with Gasteiger partial charge >= 0.3 is 0 Å². The molecule has 106 valence electrons. The van der Waals surface area contributed by atoms with Gasteiger partial charge in [0.15, 0.2) is 11.6 Å². The van der Waals surface area contributed by atoms with Crippen molar-refractivity contribution in [1.29, 1.82) is 0 Å². The minimum absolute atomic E-state index is 0.337. The number of rotatable bonds is 4. The molecular formula is C14H20F2N2O. The fourth-order valence-corrected chi connectivity index (χ4v) is 2.33. The Morgan fingerprint density at radius 2 is 1.79 bits per heavy atom. The Morgan fingerprint density at radius 3 is 2.47 bits per heavy atom. The van der Waals surface area contributed by atoms with E-state index in [0.29, 0.717) is 12.0 Å². The molecule has 0 atom stereocenters. The van der Waals surface area contributed by atoms with Gasteiger partial charge in [-0.2, -0.15) is 0 Å². The van der Waals surface area contributed by atoms with Crippen molar-refractivity contribution in [2.75, 3.05) is 39.8 Å². The Morgan fingerprint density at radius 1 is 1.11 bits per heavy atom.